The molecule has 2 heterocycles. The molecule has 0 aliphatic rings. The lowest BCUT2D eigenvalue weighted by atomic mass is 10.1. The fourth-order valence-electron chi connectivity index (χ4n) is 3.36. The van der Waals surface area contributed by atoms with Crippen molar-refractivity contribution in [3.8, 4) is 17.5 Å². The highest BCUT2D eigenvalue weighted by Gasteiger charge is 2.21. The van der Waals surface area contributed by atoms with Crippen molar-refractivity contribution in [1.29, 1.82) is 5.26 Å². The normalized spacial score (nSPS) is 11.2. The van der Waals surface area contributed by atoms with Crippen molar-refractivity contribution in [3.63, 3.8) is 0 Å². The minimum atomic E-state index is -3.98. The Morgan fingerprint density at radius 3 is 2.61 bits per heavy atom. The van der Waals surface area contributed by atoms with E-state index in [4.69, 9.17) is 4.52 Å². The minimum Gasteiger partial charge on any atom is -0.355 e. The summed E-state index contributed by atoms with van der Waals surface area (Å²) >= 11 is 0. The number of aromatic nitrogens is 5. The monoisotopic (exact) mass is 504 g/mol. The highest BCUT2D eigenvalue weighted by Crippen LogP contribution is 2.28. The highest BCUT2D eigenvalue weighted by atomic mass is 32.2. The molecule has 1 amide bonds. The van der Waals surface area contributed by atoms with Crippen molar-refractivity contribution in [2.45, 2.75) is 4.90 Å². The zero-order valence-electron chi connectivity index (χ0n) is 17.9. The van der Waals surface area contributed by atoms with Crippen molar-refractivity contribution in [2.24, 2.45) is 0 Å². The van der Waals surface area contributed by atoms with E-state index in [1.54, 1.807) is 0 Å². The van der Waals surface area contributed by atoms with Gasteiger partial charge in [-0.25, -0.2) is 12.8 Å². The second-order valence-corrected chi connectivity index (χ2v) is 9.05. The summed E-state index contributed by atoms with van der Waals surface area (Å²) in [6.45, 7) is 0. The summed E-state index contributed by atoms with van der Waals surface area (Å²) in [4.78, 5) is 12.9. The van der Waals surface area contributed by atoms with Gasteiger partial charge in [0.2, 0.25) is 5.82 Å². The lowest BCUT2D eigenvalue weighted by Gasteiger charge is -2.09. The van der Waals surface area contributed by atoms with Crippen LogP contribution in [0.25, 0.3) is 22.4 Å². The molecule has 0 aliphatic heterocycles. The summed E-state index contributed by atoms with van der Waals surface area (Å²) in [6.07, 6.45) is 0. The van der Waals surface area contributed by atoms with Gasteiger partial charge in [0.15, 0.2) is 11.3 Å². The van der Waals surface area contributed by atoms with Crippen LogP contribution in [0.1, 0.15) is 16.1 Å². The molecule has 0 aliphatic carbocycles. The van der Waals surface area contributed by atoms with Crippen LogP contribution in [0.15, 0.2) is 70.1 Å². The number of nitrogens with one attached hydrogen (secondary N) is 3. The largest absolute Gasteiger partial charge is 0.355 e. The Kier molecular flexibility index (Phi) is 5.59. The molecule has 178 valence electrons. The second kappa shape index (κ2) is 8.89. The number of anilines is 2. The molecule has 3 aromatic carbocycles. The van der Waals surface area contributed by atoms with Crippen LogP contribution in [-0.4, -0.2) is 40.1 Å². The van der Waals surface area contributed by atoms with E-state index in [0.717, 1.165) is 24.3 Å². The first-order valence-corrected chi connectivity index (χ1v) is 11.6. The number of aromatic amines is 1. The first kappa shape index (κ1) is 22.6. The molecule has 3 N–H and O–H groups in total. The van der Waals surface area contributed by atoms with E-state index in [-0.39, 0.29) is 27.7 Å². The van der Waals surface area contributed by atoms with Crippen molar-refractivity contribution >= 4 is 38.3 Å². The molecule has 0 saturated heterocycles. The third-order valence-electron chi connectivity index (χ3n) is 5.05. The van der Waals surface area contributed by atoms with E-state index in [9.17, 15) is 22.9 Å². The Morgan fingerprint density at radius 2 is 1.89 bits per heavy atom. The summed E-state index contributed by atoms with van der Waals surface area (Å²) in [7, 11) is -3.98. The molecule has 2 aromatic heterocycles. The number of carbonyl (C=O) groups excluding carboxylic acids is 1. The topological polar surface area (TPSA) is 180 Å². The van der Waals surface area contributed by atoms with Gasteiger partial charge in [-0.3, -0.25) is 9.52 Å². The molecule has 5 aromatic rings. The number of benzene rings is 3. The van der Waals surface area contributed by atoms with Crippen LogP contribution in [0.5, 0.6) is 0 Å². The van der Waals surface area contributed by atoms with Gasteiger partial charge < -0.3 is 9.84 Å². The summed E-state index contributed by atoms with van der Waals surface area (Å²) < 4.78 is 45.9. The quantitative estimate of drug-likeness (QED) is 0.313. The number of fused-ring (bicyclic) bond motifs is 1. The van der Waals surface area contributed by atoms with Crippen LogP contribution < -0.4 is 10.0 Å². The average Bonchev–Trinajstić information content (AvgIpc) is 3.54. The maximum atomic E-state index is 13.1. The van der Waals surface area contributed by atoms with Gasteiger partial charge in [-0.1, -0.05) is 5.16 Å². The lowest BCUT2D eigenvalue weighted by Crippen LogP contribution is -2.14. The van der Waals surface area contributed by atoms with Gasteiger partial charge in [0.1, 0.15) is 5.82 Å². The van der Waals surface area contributed by atoms with Gasteiger partial charge in [0.25, 0.3) is 15.9 Å². The van der Waals surface area contributed by atoms with Crippen LogP contribution >= 0.6 is 0 Å². The van der Waals surface area contributed by atoms with E-state index in [1.807, 2.05) is 6.07 Å². The smallest absolute Gasteiger partial charge is 0.278 e. The van der Waals surface area contributed by atoms with Gasteiger partial charge in [-0.2, -0.15) is 10.5 Å². The van der Waals surface area contributed by atoms with Gasteiger partial charge in [0.05, 0.1) is 33.3 Å². The second-order valence-electron chi connectivity index (χ2n) is 7.36. The molecule has 36 heavy (non-hydrogen) atoms. The highest BCUT2D eigenvalue weighted by molar-refractivity contribution is 7.92. The fraction of sp³-hybridized carbons (Fsp3) is 0. The number of sulfonamides is 1. The number of rotatable bonds is 6. The Labute approximate surface area is 201 Å². The van der Waals surface area contributed by atoms with E-state index < -0.39 is 21.7 Å². The molecule has 5 rings (SSSR count). The number of amides is 1. The number of halogens is 1. The van der Waals surface area contributed by atoms with Crippen LogP contribution in [-0.2, 0) is 10.0 Å². The average molecular weight is 504 g/mol. The van der Waals surface area contributed by atoms with Crippen LogP contribution in [0.2, 0.25) is 0 Å². The lowest BCUT2D eigenvalue weighted by molar-refractivity contribution is 0.102. The van der Waals surface area contributed by atoms with Gasteiger partial charge in [-0.05, 0) is 59.8 Å². The molecule has 14 heteroatoms. The summed E-state index contributed by atoms with van der Waals surface area (Å²) in [5.41, 5.74) is 1.25. The van der Waals surface area contributed by atoms with Gasteiger partial charge in [0, 0.05) is 11.6 Å². The standard InChI is InChI=1S/C22H13FN8O4S/c23-13-2-5-15(6-3-13)36(33,34)29-14-4-7-16-19(10-14)35-28-20(16)22(32)25-18-8-1-12(11-24)9-17(18)21-26-30-31-27-21/h1-10,29H,(H,25,32)(H,26,27,30,31). The molecule has 12 nitrogen and oxygen atoms in total. The third kappa shape index (κ3) is 4.33. The van der Waals surface area contributed by atoms with E-state index >= 15 is 0 Å². The molecule has 0 spiro atoms. The Hall–Kier alpha value is -5.16. The van der Waals surface area contributed by atoms with Gasteiger partial charge >= 0.3 is 0 Å². The van der Waals surface area contributed by atoms with Gasteiger partial charge in [-0.15, -0.1) is 10.2 Å². The number of hydrogen-bond acceptors (Lipinski definition) is 9. The Balaban J connectivity index is 1.41. The zero-order chi connectivity index (χ0) is 25.3. The molecule has 0 atom stereocenters. The van der Waals surface area contributed by atoms with Crippen molar-refractivity contribution in [1.82, 2.24) is 25.8 Å². The van der Waals surface area contributed by atoms with E-state index in [0.29, 0.717) is 22.2 Å². The predicted molar refractivity (Wildman–Crippen MR) is 123 cm³/mol. The number of hydrogen-bond donors (Lipinski definition) is 3. The van der Waals surface area contributed by atoms with Crippen molar-refractivity contribution in [3.05, 3.63) is 77.7 Å². The number of carbonyl (C=O) groups is 1. The maximum Gasteiger partial charge on any atom is 0.278 e. The first-order valence-electron chi connectivity index (χ1n) is 10.1. The van der Waals surface area contributed by atoms with Crippen molar-refractivity contribution < 1.29 is 22.1 Å². The summed E-state index contributed by atoms with van der Waals surface area (Å²) in [5.74, 6) is -1.01. The molecule has 0 unspecified atom stereocenters. The first-order chi connectivity index (χ1) is 17.3. The number of tetrazole rings is 1. The molecule has 0 bridgehead atoms. The maximum absolute atomic E-state index is 13.1. The molecule has 0 radical (unpaired) electrons. The minimum absolute atomic E-state index is 0.0543. The van der Waals surface area contributed by atoms with Crippen LogP contribution in [0.4, 0.5) is 15.8 Å². The Bertz CT molecular complexity index is 1740. The van der Waals surface area contributed by atoms with Crippen LogP contribution in [0, 0.1) is 17.1 Å². The number of nitriles is 1. The summed E-state index contributed by atoms with van der Waals surface area (Å²) in [6, 6.07) is 15.2. The molecule has 0 fully saturated rings. The van der Waals surface area contributed by atoms with Crippen LogP contribution in [0.3, 0.4) is 0 Å². The molecular formula is C22H13FN8O4S. The SMILES string of the molecule is N#Cc1ccc(NC(=O)c2noc3cc(NS(=O)(=O)c4ccc(F)cc4)ccc23)c(-c2nn[nH]n2)c1. The third-order valence-corrected chi connectivity index (χ3v) is 6.44. The molecule has 0 saturated carbocycles. The predicted octanol–water partition coefficient (Wildman–Crippen LogP) is 3.07. The fourth-order valence-corrected chi connectivity index (χ4v) is 4.41. The molecular weight excluding hydrogens is 491 g/mol. The van der Waals surface area contributed by atoms with Crippen molar-refractivity contribution in [2.75, 3.05) is 10.0 Å². The number of H-pyrrole nitrogens is 1. The number of nitrogens with zero attached hydrogens (tertiary/aromatic N) is 5. The Morgan fingerprint density at radius 1 is 1.08 bits per heavy atom. The summed E-state index contributed by atoms with van der Waals surface area (Å²) in [5, 5.41) is 29.6. The van der Waals surface area contributed by atoms with E-state index in [1.165, 1.54) is 36.4 Å². The van der Waals surface area contributed by atoms with E-state index in [2.05, 4.69) is 35.8 Å². The zero-order valence-corrected chi connectivity index (χ0v) is 18.7.